The van der Waals surface area contributed by atoms with Gasteiger partial charge in [-0.25, -0.2) is 0 Å². The van der Waals surface area contributed by atoms with E-state index in [0.717, 1.165) is 6.11 Å². The molecular weight excluding hydrogens is 117 g/mol. The Morgan fingerprint density at radius 2 is 2.33 bits per heavy atom. The van der Waals surface area contributed by atoms with Gasteiger partial charge in [-0.2, -0.15) is 0 Å². The summed E-state index contributed by atoms with van der Waals surface area (Å²) in [5.74, 6) is -0.0342. The molecule has 0 saturated heterocycles. The van der Waals surface area contributed by atoms with Crippen LogP contribution in [0.3, 0.4) is 0 Å². The van der Waals surface area contributed by atoms with Gasteiger partial charge in [-0.1, -0.05) is 0 Å². The van der Waals surface area contributed by atoms with Gasteiger partial charge in [0, 0.05) is 0 Å². The maximum atomic E-state index is 10.4. The molecular formula is C5H8BNO2. The number of carbonyl (C=O) groups is 1. The first kappa shape index (κ1) is 8.20. The van der Waals surface area contributed by atoms with Gasteiger partial charge in [-0.05, 0) is 0 Å². The van der Waals surface area contributed by atoms with Gasteiger partial charge in [0.25, 0.3) is 0 Å². The molecule has 0 fully saturated rings. The SMILES string of the molecule is CC(=O)[C@H](C)/N=C\B=O. The Morgan fingerprint density at radius 3 is 2.67 bits per heavy atom. The number of aliphatic imine (C=N–C) groups is 1. The number of hydrogen-bond donors (Lipinski definition) is 0. The fourth-order valence-corrected chi connectivity index (χ4v) is 0.269. The Labute approximate surface area is 54.4 Å². The fourth-order valence-electron chi connectivity index (χ4n) is 0.269. The summed E-state index contributed by atoms with van der Waals surface area (Å²) in [5, 5.41) is 0. The first-order valence-corrected chi connectivity index (χ1v) is 2.66. The van der Waals surface area contributed by atoms with Crippen LogP contribution in [0.4, 0.5) is 0 Å². The second-order valence-electron chi connectivity index (χ2n) is 1.72. The number of hydrogen-bond acceptors (Lipinski definition) is 3. The standard InChI is InChI=1S/C5H8BNO2/c1-4(5(2)8)7-3-6-9/h3-4H,1-2H3/b7-3-/t4-/m0/s1. The number of carbonyl (C=O) groups excluding carboxylic acids is 1. The van der Waals surface area contributed by atoms with Crippen LogP contribution in [-0.4, -0.2) is 25.1 Å². The normalized spacial score (nSPS) is 13.1. The molecule has 9 heavy (non-hydrogen) atoms. The molecule has 0 aliphatic rings. The molecule has 0 aromatic heterocycles. The van der Waals surface area contributed by atoms with Crippen molar-refractivity contribution in [2.24, 2.45) is 4.99 Å². The van der Waals surface area contributed by atoms with Crippen LogP contribution in [0.5, 0.6) is 0 Å². The van der Waals surface area contributed by atoms with Crippen molar-refractivity contribution in [1.29, 1.82) is 0 Å². The molecule has 0 amide bonds. The predicted octanol–water partition coefficient (Wildman–Crippen LogP) is 0.0419. The van der Waals surface area contributed by atoms with Crippen LogP contribution in [0.25, 0.3) is 0 Å². The quantitative estimate of drug-likeness (QED) is 0.394. The predicted molar refractivity (Wildman–Crippen MR) is 35.1 cm³/mol. The Hall–Kier alpha value is -0.795. The summed E-state index contributed by atoms with van der Waals surface area (Å²) in [5.41, 5.74) is 0. The summed E-state index contributed by atoms with van der Waals surface area (Å²) in [6.45, 7) is 3.08. The summed E-state index contributed by atoms with van der Waals surface area (Å²) < 4.78 is 9.67. The number of nitrogens with zero attached hydrogens (tertiary/aromatic N) is 1. The summed E-state index contributed by atoms with van der Waals surface area (Å²) in [4.78, 5) is 14.0. The number of Topliss-reactive ketones (excluding diaryl/α,β-unsaturated/α-hetero) is 1. The minimum absolute atomic E-state index is 0.0342. The molecule has 0 rings (SSSR count). The van der Waals surface area contributed by atoms with Gasteiger partial charge in [0.05, 0.1) is 0 Å². The molecule has 0 radical (unpaired) electrons. The van der Waals surface area contributed by atoms with E-state index in [1.54, 1.807) is 6.92 Å². The van der Waals surface area contributed by atoms with Crippen molar-refractivity contribution in [2.45, 2.75) is 19.9 Å². The van der Waals surface area contributed by atoms with E-state index in [-0.39, 0.29) is 11.8 Å². The zero-order valence-corrected chi connectivity index (χ0v) is 5.50. The van der Waals surface area contributed by atoms with E-state index in [0.29, 0.717) is 7.15 Å². The van der Waals surface area contributed by atoms with Gasteiger partial charge < -0.3 is 0 Å². The second-order valence-corrected chi connectivity index (χ2v) is 1.72. The van der Waals surface area contributed by atoms with Crippen molar-refractivity contribution in [3.05, 3.63) is 0 Å². The van der Waals surface area contributed by atoms with Crippen LogP contribution in [-0.2, 0) is 9.50 Å². The third kappa shape index (κ3) is 3.76. The van der Waals surface area contributed by atoms with Crippen molar-refractivity contribution in [1.82, 2.24) is 0 Å². The van der Waals surface area contributed by atoms with E-state index in [1.165, 1.54) is 6.92 Å². The Morgan fingerprint density at radius 1 is 1.78 bits per heavy atom. The fraction of sp³-hybridized carbons (Fsp3) is 0.600. The molecule has 0 unspecified atom stereocenters. The average Bonchev–Trinajstić information content (AvgIpc) is 1.82. The first-order chi connectivity index (χ1) is 4.18. The molecule has 0 aromatic rings. The van der Waals surface area contributed by atoms with E-state index >= 15 is 0 Å². The second kappa shape index (κ2) is 4.12. The summed E-state index contributed by atoms with van der Waals surface area (Å²) in [6.07, 6.45) is 1.09. The molecule has 48 valence electrons. The van der Waals surface area contributed by atoms with Crippen LogP contribution >= 0.6 is 0 Å². The number of ketones is 1. The van der Waals surface area contributed by atoms with E-state index in [2.05, 4.69) is 4.99 Å². The topological polar surface area (TPSA) is 46.5 Å². The zero-order valence-electron chi connectivity index (χ0n) is 5.50. The molecule has 3 nitrogen and oxygen atoms in total. The van der Waals surface area contributed by atoms with Crippen LogP contribution in [0, 0.1) is 0 Å². The third-order valence-electron chi connectivity index (χ3n) is 0.959. The Kier molecular flexibility index (Phi) is 3.76. The van der Waals surface area contributed by atoms with Gasteiger partial charge >= 0.3 is 53.4 Å². The van der Waals surface area contributed by atoms with E-state index in [4.69, 9.17) is 0 Å². The van der Waals surface area contributed by atoms with Gasteiger partial charge in [-0.3, -0.25) is 0 Å². The van der Waals surface area contributed by atoms with Crippen molar-refractivity contribution < 1.29 is 9.50 Å². The van der Waals surface area contributed by atoms with Crippen molar-refractivity contribution in [3.63, 3.8) is 0 Å². The van der Waals surface area contributed by atoms with Crippen molar-refractivity contribution in [2.75, 3.05) is 0 Å². The molecule has 1 atom stereocenters. The Balaban J connectivity index is 3.75. The van der Waals surface area contributed by atoms with Crippen molar-refractivity contribution >= 4 is 19.0 Å². The first-order valence-electron chi connectivity index (χ1n) is 2.66. The molecule has 0 aromatic carbocycles. The van der Waals surface area contributed by atoms with Crippen LogP contribution in [0.1, 0.15) is 13.8 Å². The van der Waals surface area contributed by atoms with E-state index in [1.807, 2.05) is 0 Å². The molecule has 0 spiro atoms. The van der Waals surface area contributed by atoms with Gasteiger partial charge in [-0.15, -0.1) is 0 Å². The third-order valence-corrected chi connectivity index (χ3v) is 0.959. The summed E-state index contributed by atoms with van der Waals surface area (Å²) in [6, 6.07) is -0.379. The summed E-state index contributed by atoms with van der Waals surface area (Å²) >= 11 is 0. The van der Waals surface area contributed by atoms with Crippen LogP contribution in [0.15, 0.2) is 4.99 Å². The average molecular weight is 125 g/mol. The Bertz CT molecular complexity index is 144. The molecule has 0 N–H and O–H groups in total. The monoisotopic (exact) mass is 125 g/mol. The van der Waals surface area contributed by atoms with Gasteiger partial charge in [0.2, 0.25) is 0 Å². The molecule has 4 heteroatoms. The zero-order chi connectivity index (χ0) is 7.28. The maximum absolute atomic E-state index is 10.4. The number of rotatable bonds is 3. The summed E-state index contributed by atoms with van der Waals surface area (Å²) in [7, 11) is 0.555. The minimum atomic E-state index is -0.379. The molecule has 0 saturated carbocycles. The van der Waals surface area contributed by atoms with E-state index < -0.39 is 0 Å². The van der Waals surface area contributed by atoms with Gasteiger partial charge in [0.1, 0.15) is 0 Å². The van der Waals surface area contributed by atoms with Gasteiger partial charge in [0.15, 0.2) is 0 Å². The molecule has 0 heterocycles. The van der Waals surface area contributed by atoms with Crippen LogP contribution in [0.2, 0.25) is 0 Å². The molecule has 0 bridgehead atoms. The van der Waals surface area contributed by atoms with Crippen molar-refractivity contribution in [3.8, 4) is 0 Å². The van der Waals surface area contributed by atoms with Crippen LogP contribution < -0.4 is 0 Å². The molecule has 0 aliphatic carbocycles. The molecule has 0 aliphatic heterocycles. The van der Waals surface area contributed by atoms with E-state index in [9.17, 15) is 9.50 Å².